The van der Waals surface area contributed by atoms with E-state index in [-0.39, 0.29) is 12.9 Å². The van der Waals surface area contributed by atoms with Crippen molar-refractivity contribution >= 4 is 40.1 Å². The number of nitrogens with one attached hydrogen (secondary N) is 1. The highest BCUT2D eigenvalue weighted by atomic mass is 35.5. The molecule has 0 aliphatic carbocycles. The molecule has 190 valence electrons. The molecule has 2 aliphatic rings. The van der Waals surface area contributed by atoms with Gasteiger partial charge in [-0.1, -0.05) is 17.7 Å². The maximum atomic E-state index is 12.4. The van der Waals surface area contributed by atoms with Gasteiger partial charge < -0.3 is 29.2 Å². The van der Waals surface area contributed by atoms with Gasteiger partial charge in [0.05, 0.1) is 22.5 Å². The van der Waals surface area contributed by atoms with Crippen molar-refractivity contribution in [2.24, 2.45) is 5.92 Å². The van der Waals surface area contributed by atoms with Gasteiger partial charge in [-0.3, -0.25) is 0 Å². The summed E-state index contributed by atoms with van der Waals surface area (Å²) in [5.74, 6) is 2.71. The maximum absolute atomic E-state index is 12.4. The largest absolute Gasteiger partial charge is 0.492 e. The van der Waals surface area contributed by atoms with Crippen molar-refractivity contribution in [3.8, 4) is 17.2 Å². The number of ether oxygens (including phenoxy) is 4. The fourth-order valence-electron chi connectivity index (χ4n) is 4.29. The minimum atomic E-state index is -0.498. The van der Waals surface area contributed by atoms with E-state index >= 15 is 0 Å². The number of likely N-dealkylation sites (tertiary alicyclic amines) is 1. The van der Waals surface area contributed by atoms with Crippen LogP contribution in [-0.2, 0) is 4.74 Å². The number of carbonyl (C=O) groups is 1. The van der Waals surface area contributed by atoms with Crippen molar-refractivity contribution in [2.75, 3.05) is 31.8 Å². The van der Waals surface area contributed by atoms with Gasteiger partial charge >= 0.3 is 6.09 Å². The maximum Gasteiger partial charge on any atom is 0.410 e. The zero-order valence-electron chi connectivity index (χ0n) is 20.5. The van der Waals surface area contributed by atoms with Crippen LogP contribution in [0.3, 0.4) is 0 Å². The molecule has 9 nitrogen and oxygen atoms in total. The monoisotopic (exact) mass is 512 g/mol. The molecule has 3 aromatic rings. The molecule has 3 heterocycles. The summed E-state index contributed by atoms with van der Waals surface area (Å²) < 4.78 is 22.9. The highest BCUT2D eigenvalue weighted by molar-refractivity contribution is 6.34. The van der Waals surface area contributed by atoms with Gasteiger partial charge in [-0.25, -0.2) is 14.8 Å². The van der Waals surface area contributed by atoms with E-state index in [1.54, 1.807) is 17.0 Å². The van der Waals surface area contributed by atoms with Gasteiger partial charge in [-0.05, 0) is 63.8 Å². The molecule has 0 bridgehead atoms. The predicted molar refractivity (Wildman–Crippen MR) is 136 cm³/mol. The first-order valence-electron chi connectivity index (χ1n) is 12.0. The number of benzene rings is 2. The number of anilines is 2. The number of amides is 1. The first-order valence-corrected chi connectivity index (χ1v) is 12.4. The van der Waals surface area contributed by atoms with Gasteiger partial charge in [-0.2, -0.15) is 0 Å². The average Bonchev–Trinajstić information content (AvgIpc) is 3.33. The Labute approximate surface area is 214 Å². The van der Waals surface area contributed by atoms with Crippen LogP contribution in [0.5, 0.6) is 17.2 Å². The van der Waals surface area contributed by atoms with Crippen LogP contribution in [-0.4, -0.2) is 53.1 Å². The molecule has 1 fully saturated rings. The van der Waals surface area contributed by atoms with E-state index in [1.807, 2.05) is 39.0 Å². The standard InChI is InChI=1S/C26H29ClN4O5/c1-26(2,3)36-25(32)31-11-9-16(10-12-31)13-33-19-6-4-5-18-21(19)24(29-14-28-18)30-22-17(27)7-8-20-23(22)35-15-34-20/h4-8,14,16H,9-13,15H2,1-3H3,(H,28,29,30). The van der Waals surface area contributed by atoms with Crippen molar-refractivity contribution in [1.29, 1.82) is 0 Å². The Bertz CT molecular complexity index is 1270. The molecule has 1 saturated heterocycles. The third-order valence-electron chi connectivity index (χ3n) is 6.10. The zero-order valence-corrected chi connectivity index (χ0v) is 21.3. The van der Waals surface area contributed by atoms with Gasteiger partial charge in [0.1, 0.15) is 29.2 Å². The number of fused-ring (bicyclic) bond motifs is 2. The molecule has 1 aromatic heterocycles. The first kappa shape index (κ1) is 24.2. The van der Waals surface area contributed by atoms with Crippen LogP contribution in [0, 0.1) is 5.92 Å². The zero-order chi connectivity index (χ0) is 25.3. The van der Waals surface area contributed by atoms with E-state index in [9.17, 15) is 4.79 Å². The summed E-state index contributed by atoms with van der Waals surface area (Å²) in [6.45, 7) is 7.58. The summed E-state index contributed by atoms with van der Waals surface area (Å²) in [6, 6.07) is 9.25. The first-order chi connectivity index (χ1) is 17.3. The van der Waals surface area contributed by atoms with Crippen molar-refractivity contribution in [1.82, 2.24) is 14.9 Å². The quantitative estimate of drug-likeness (QED) is 0.459. The van der Waals surface area contributed by atoms with E-state index in [1.165, 1.54) is 6.33 Å². The van der Waals surface area contributed by atoms with E-state index in [2.05, 4.69) is 15.3 Å². The molecule has 0 unspecified atom stereocenters. The normalized spacial score (nSPS) is 15.7. The lowest BCUT2D eigenvalue weighted by Gasteiger charge is -2.33. The predicted octanol–water partition coefficient (Wildman–Crippen LogP) is 5.78. The van der Waals surface area contributed by atoms with E-state index in [0.717, 1.165) is 23.7 Å². The molecule has 5 rings (SSSR count). The fraction of sp³-hybridized carbons (Fsp3) is 0.423. The number of halogens is 1. The fourth-order valence-corrected chi connectivity index (χ4v) is 4.49. The molecule has 0 saturated carbocycles. The van der Waals surface area contributed by atoms with Crippen LogP contribution in [0.25, 0.3) is 10.9 Å². The molecule has 36 heavy (non-hydrogen) atoms. The van der Waals surface area contributed by atoms with Crippen molar-refractivity contribution in [3.05, 3.63) is 41.7 Å². The summed E-state index contributed by atoms with van der Waals surface area (Å²) in [7, 11) is 0. The van der Waals surface area contributed by atoms with Crippen LogP contribution >= 0.6 is 11.6 Å². The lowest BCUT2D eigenvalue weighted by molar-refractivity contribution is 0.0165. The average molecular weight is 513 g/mol. The topological polar surface area (TPSA) is 95.0 Å². The van der Waals surface area contributed by atoms with Gasteiger partial charge in [-0.15, -0.1) is 0 Å². The second kappa shape index (κ2) is 9.89. The number of rotatable bonds is 5. The van der Waals surface area contributed by atoms with Crippen molar-refractivity contribution < 1.29 is 23.7 Å². The third-order valence-corrected chi connectivity index (χ3v) is 6.41. The van der Waals surface area contributed by atoms with Crippen LogP contribution in [0.2, 0.25) is 5.02 Å². The Kier molecular flexibility index (Phi) is 6.66. The van der Waals surface area contributed by atoms with Crippen molar-refractivity contribution in [2.45, 2.75) is 39.2 Å². The van der Waals surface area contributed by atoms with Crippen LogP contribution in [0.4, 0.5) is 16.3 Å². The second-order valence-corrected chi connectivity index (χ2v) is 10.3. The lowest BCUT2D eigenvalue weighted by Crippen LogP contribution is -2.42. The molecular formula is C26H29ClN4O5. The molecule has 0 spiro atoms. The number of carbonyl (C=O) groups excluding carboxylic acids is 1. The Morgan fingerprint density at radius 2 is 1.97 bits per heavy atom. The smallest absolute Gasteiger partial charge is 0.410 e. The Morgan fingerprint density at radius 3 is 2.75 bits per heavy atom. The van der Waals surface area contributed by atoms with E-state index in [0.29, 0.717) is 59.4 Å². The number of hydrogen-bond acceptors (Lipinski definition) is 8. The molecule has 2 aromatic carbocycles. The summed E-state index contributed by atoms with van der Waals surface area (Å²) in [5, 5.41) is 4.54. The number of nitrogens with zero attached hydrogens (tertiary/aromatic N) is 3. The molecule has 2 aliphatic heterocycles. The Balaban J connectivity index is 1.30. The second-order valence-electron chi connectivity index (χ2n) is 9.88. The number of aromatic nitrogens is 2. The molecule has 1 N–H and O–H groups in total. The highest BCUT2D eigenvalue weighted by Crippen LogP contribution is 2.45. The summed E-state index contributed by atoms with van der Waals surface area (Å²) in [6.07, 6.45) is 2.92. The van der Waals surface area contributed by atoms with Gasteiger partial charge in [0.25, 0.3) is 0 Å². The number of hydrogen-bond donors (Lipinski definition) is 1. The van der Waals surface area contributed by atoms with E-state index < -0.39 is 5.60 Å². The lowest BCUT2D eigenvalue weighted by atomic mass is 9.98. The third kappa shape index (κ3) is 5.21. The Hall–Kier alpha value is -3.46. The van der Waals surface area contributed by atoms with Crippen LogP contribution in [0.15, 0.2) is 36.7 Å². The van der Waals surface area contributed by atoms with Gasteiger partial charge in [0.2, 0.25) is 6.79 Å². The highest BCUT2D eigenvalue weighted by Gasteiger charge is 2.27. The van der Waals surface area contributed by atoms with Gasteiger partial charge in [0, 0.05) is 13.1 Å². The molecule has 10 heteroatoms. The molecule has 1 amide bonds. The molecule has 0 atom stereocenters. The molecular weight excluding hydrogens is 484 g/mol. The minimum Gasteiger partial charge on any atom is -0.492 e. The summed E-state index contributed by atoms with van der Waals surface area (Å²) in [4.78, 5) is 23.0. The molecule has 0 radical (unpaired) electrons. The summed E-state index contributed by atoms with van der Waals surface area (Å²) in [5.41, 5.74) is 0.823. The number of piperidine rings is 1. The Morgan fingerprint density at radius 1 is 1.17 bits per heavy atom. The van der Waals surface area contributed by atoms with E-state index in [4.69, 9.17) is 30.5 Å². The minimum absolute atomic E-state index is 0.135. The summed E-state index contributed by atoms with van der Waals surface area (Å²) >= 11 is 6.47. The van der Waals surface area contributed by atoms with Gasteiger partial charge in [0.15, 0.2) is 11.5 Å². The SMILES string of the molecule is CC(C)(C)OC(=O)N1CCC(COc2cccc3ncnc(Nc4c(Cl)ccc5c4OCO5)c23)CC1. The van der Waals surface area contributed by atoms with Crippen LogP contribution in [0.1, 0.15) is 33.6 Å². The van der Waals surface area contributed by atoms with Crippen LogP contribution < -0.4 is 19.5 Å². The van der Waals surface area contributed by atoms with Crippen molar-refractivity contribution in [3.63, 3.8) is 0 Å².